The summed E-state index contributed by atoms with van der Waals surface area (Å²) in [7, 11) is 3.24. The smallest absolute Gasteiger partial charge is 0.234 e. The van der Waals surface area contributed by atoms with E-state index in [1.54, 1.807) is 26.0 Å². The predicted molar refractivity (Wildman–Crippen MR) is 95.9 cm³/mol. The van der Waals surface area contributed by atoms with Crippen LogP contribution in [-0.2, 0) is 11.2 Å². The molecule has 0 fully saturated rings. The second kappa shape index (κ2) is 7.18. The normalized spacial score (nSPS) is 17.0. The summed E-state index contributed by atoms with van der Waals surface area (Å²) in [6.45, 7) is 1.97. The highest BCUT2D eigenvalue weighted by atomic mass is 32.2. The predicted octanol–water partition coefficient (Wildman–Crippen LogP) is 3.60. The Morgan fingerprint density at radius 1 is 1.21 bits per heavy atom. The fraction of sp³-hybridized carbons (Fsp3) is 0.316. The Morgan fingerprint density at radius 2 is 2.00 bits per heavy atom. The van der Waals surface area contributed by atoms with Gasteiger partial charge in [0.15, 0.2) is 0 Å². The van der Waals surface area contributed by atoms with E-state index >= 15 is 0 Å². The minimum atomic E-state index is -0.136. The van der Waals surface area contributed by atoms with Crippen molar-refractivity contribution in [1.82, 2.24) is 5.32 Å². The highest BCUT2D eigenvalue weighted by molar-refractivity contribution is 8.01. The number of methoxy groups -OCH3 is 2. The third-order valence-corrected chi connectivity index (χ3v) is 5.52. The molecular formula is C19H21NO3S. The summed E-state index contributed by atoms with van der Waals surface area (Å²) in [5.41, 5.74) is 2.18. The molecule has 3 rings (SSSR count). The van der Waals surface area contributed by atoms with Crippen molar-refractivity contribution < 1.29 is 14.3 Å². The van der Waals surface area contributed by atoms with Crippen molar-refractivity contribution in [2.24, 2.45) is 0 Å². The molecule has 0 aliphatic carbocycles. The molecule has 0 radical (unpaired) electrons. The molecule has 1 aliphatic rings. The number of ether oxygens (including phenoxy) is 2. The lowest BCUT2D eigenvalue weighted by atomic mass is 10.1. The van der Waals surface area contributed by atoms with Crippen LogP contribution in [0.25, 0.3) is 0 Å². The molecule has 5 heteroatoms. The van der Waals surface area contributed by atoms with Gasteiger partial charge in [-0.1, -0.05) is 18.2 Å². The van der Waals surface area contributed by atoms with E-state index in [-0.39, 0.29) is 17.2 Å². The maximum absolute atomic E-state index is 12.6. The highest BCUT2D eigenvalue weighted by Gasteiger charge is 2.29. The Hall–Kier alpha value is -2.14. The lowest BCUT2D eigenvalue weighted by Crippen LogP contribution is -2.34. The number of hydrogen-bond acceptors (Lipinski definition) is 4. The van der Waals surface area contributed by atoms with Crippen molar-refractivity contribution in [3.63, 3.8) is 0 Å². The Kier molecular flexibility index (Phi) is 5.00. The second-order valence-electron chi connectivity index (χ2n) is 5.76. The van der Waals surface area contributed by atoms with Gasteiger partial charge in [0.2, 0.25) is 5.91 Å². The zero-order valence-electron chi connectivity index (χ0n) is 14.0. The first-order chi connectivity index (χ1) is 11.6. The third kappa shape index (κ3) is 3.36. The molecule has 126 valence electrons. The molecule has 2 aromatic rings. The standard InChI is InChI=1S/C19H21NO3S/c1-12(15-9-8-14(22-2)11-16(15)23-3)20-19(21)18-10-13-6-4-5-7-17(13)24-18/h4-9,11-12,18H,10H2,1-3H3,(H,20,21). The van der Waals surface area contributed by atoms with Crippen LogP contribution in [0.4, 0.5) is 0 Å². The van der Waals surface area contributed by atoms with Crippen molar-refractivity contribution in [2.75, 3.05) is 14.2 Å². The lowest BCUT2D eigenvalue weighted by molar-refractivity contribution is -0.121. The number of hydrogen-bond donors (Lipinski definition) is 1. The maximum Gasteiger partial charge on any atom is 0.234 e. The first-order valence-electron chi connectivity index (χ1n) is 7.89. The van der Waals surface area contributed by atoms with Crippen molar-refractivity contribution in [3.05, 3.63) is 53.6 Å². The molecule has 2 unspecified atom stereocenters. The number of benzene rings is 2. The van der Waals surface area contributed by atoms with Crippen LogP contribution in [0, 0.1) is 0 Å². The molecule has 1 N–H and O–H groups in total. The van der Waals surface area contributed by atoms with Gasteiger partial charge >= 0.3 is 0 Å². The summed E-state index contributed by atoms with van der Waals surface area (Å²) < 4.78 is 10.6. The van der Waals surface area contributed by atoms with Crippen LogP contribution in [-0.4, -0.2) is 25.4 Å². The van der Waals surface area contributed by atoms with Gasteiger partial charge in [-0.3, -0.25) is 4.79 Å². The number of amides is 1. The first-order valence-corrected chi connectivity index (χ1v) is 8.77. The van der Waals surface area contributed by atoms with Crippen molar-refractivity contribution in [1.29, 1.82) is 0 Å². The van der Waals surface area contributed by atoms with Gasteiger partial charge < -0.3 is 14.8 Å². The summed E-state index contributed by atoms with van der Waals surface area (Å²) in [6, 6.07) is 13.7. The quantitative estimate of drug-likeness (QED) is 0.901. The molecule has 1 amide bonds. The van der Waals surface area contributed by atoms with Crippen molar-refractivity contribution in [3.8, 4) is 11.5 Å². The molecule has 0 aromatic heterocycles. The number of carbonyl (C=O) groups excluding carboxylic acids is 1. The zero-order chi connectivity index (χ0) is 17.1. The summed E-state index contributed by atoms with van der Waals surface area (Å²) in [4.78, 5) is 13.8. The Labute approximate surface area is 146 Å². The molecular weight excluding hydrogens is 322 g/mol. The van der Waals surface area contributed by atoms with Gasteiger partial charge in [0.25, 0.3) is 0 Å². The minimum absolute atomic E-state index is 0.0570. The molecule has 0 saturated heterocycles. The molecule has 2 atom stereocenters. The summed E-state index contributed by atoms with van der Waals surface area (Å²) in [5.74, 6) is 1.50. The molecule has 1 aliphatic heterocycles. The van der Waals surface area contributed by atoms with Crippen LogP contribution in [0.5, 0.6) is 11.5 Å². The van der Waals surface area contributed by atoms with Crippen LogP contribution in [0.15, 0.2) is 47.4 Å². The second-order valence-corrected chi connectivity index (χ2v) is 7.00. The molecule has 1 heterocycles. The third-order valence-electron chi connectivity index (χ3n) is 4.21. The lowest BCUT2D eigenvalue weighted by Gasteiger charge is -2.19. The maximum atomic E-state index is 12.6. The fourth-order valence-corrected chi connectivity index (χ4v) is 4.09. The monoisotopic (exact) mass is 343 g/mol. The van der Waals surface area contributed by atoms with Crippen LogP contribution >= 0.6 is 11.8 Å². The molecule has 2 aromatic carbocycles. The van der Waals surface area contributed by atoms with Gasteiger partial charge in [-0.2, -0.15) is 0 Å². The summed E-state index contributed by atoms with van der Waals surface area (Å²) >= 11 is 1.63. The van der Waals surface area contributed by atoms with Gasteiger partial charge in [0, 0.05) is 16.5 Å². The number of thioether (sulfide) groups is 1. The average molecular weight is 343 g/mol. The average Bonchev–Trinajstić information content (AvgIpc) is 3.05. The zero-order valence-corrected chi connectivity index (χ0v) is 14.9. The van der Waals surface area contributed by atoms with Gasteiger partial charge in [-0.25, -0.2) is 0 Å². The van der Waals surface area contributed by atoms with Crippen molar-refractivity contribution in [2.45, 2.75) is 29.5 Å². The molecule has 0 spiro atoms. The number of nitrogens with one attached hydrogen (secondary N) is 1. The van der Waals surface area contributed by atoms with E-state index in [9.17, 15) is 4.79 Å². The van der Waals surface area contributed by atoms with Gasteiger partial charge in [0.1, 0.15) is 11.5 Å². The van der Waals surface area contributed by atoms with Gasteiger partial charge in [0.05, 0.1) is 25.5 Å². The molecule has 0 saturated carbocycles. The Morgan fingerprint density at radius 3 is 2.71 bits per heavy atom. The Bertz CT molecular complexity index is 722. The van der Waals surface area contributed by atoms with Crippen molar-refractivity contribution >= 4 is 17.7 Å². The van der Waals surface area contributed by atoms with Gasteiger partial charge in [-0.05, 0) is 37.1 Å². The minimum Gasteiger partial charge on any atom is -0.497 e. The van der Waals surface area contributed by atoms with E-state index < -0.39 is 0 Å². The first kappa shape index (κ1) is 16.7. The SMILES string of the molecule is COc1ccc(C(C)NC(=O)C2Cc3ccccc3S2)c(OC)c1. The van der Waals surface area contributed by atoms with Crippen LogP contribution in [0.3, 0.4) is 0 Å². The highest BCUT2D eigenvalue weighted by Crippen LogP contribution is 2.37. The molecule has 24 heavy (non-hydrogen) atoms. The van der Waals surface area contributed by atoms with E-state index in [1.165, 1.54) is 10.5 Å². The number of rotatable bonds is 5. The molecule has 0 bridgehead atoms. The van der Waals surface area contributed by atoms with Crippen LogP contribution in [0.1, 0.15) is 24.1 Å². The van der Waals surface area contributed by atoms with Crippen LogP contribution < -0.4 is 14.8 Å². The molecule has 4 nitrogen and oxygen atoms in total. The summed E-state index contributed by atoms with van der Waals surface area (Å²) in [6.07, 6.45) is 0.777. The van der Waals surface area contributed by atoms with E-state index in [0.717, 1.165) is 17.7 Å². The Balaban J connectivity index is 1.69. The summed E-state index contributed by atoms with van der Waals surface area (Å²) in [5, 5.41) is 3.03. The number of fused-ring (bicyclic) bond motifs is 1. The van der Waals surface area contributed by atoms with Crippen LogP contribution in [0.2, 0.25) is 0 Å². The van der Waals surface area contributed by atoms with Gasteiger partial charge in [-0.15, -0.1) is 11.8 Å². The van der Waals surface area contributed by atoms with E-state index in [4.69, 9.17) is 9.47 Å². The fourth-order valence-electron chi connectivity index (χ4n) is 2.89. The van der Waals surface area contributed by atoms with E-state index in [1.807, 2.05) is 37.3 Å². The van der Waals surface area contributed by atoms with E-state index in [0.29, 0.717) is 5.75 Å². The topological polar surface area (TPSA) is 47.6 Å². The van der Waals surface area contributed by atoms with E-state index in [2.05, 4.69) is 17.4 Å². The largest absolute Gasteiger partial charge is 0.497 e. The number of carbonyl (C=O) groups is 1.